The molecule has 0 aromatic heterocycles. The van der Waals surface area contributed by atoms with Gasteiger partial charge in [0.1, 0.15) is 12.4 Å². The Kier molecular flexibility index (Phi) is 8.94. The van der Waals surface area contributed by atoms with Crippen LogP contribution in [0, 0.1) is 6.92 Å². The Balaban J connectivity index is 1.35. The predicted molar refractivity (Wildman–Crippen MR) is 150 cm³/mol. The highest BCUT2D eigenvalue weighted by Gasteiger charge is 2.26. The van der Waals surface area contributed by atoms with E-state index in [1.807, 2.05) is 6.92 Å². The molecule has 4 rings (SSSR count). The second-order valence-corrected chi connectivity index (χ2v) is 13.3. The molecule has 3 aromatic carbocycles. The fourth-order valence-electron chi connectivity index (χ4n) is 4.33. The molecule has 3 aromatic rings. The SMILES string of the molecule is Cc1ccc(S(=O)(=O)N(C)c2ccccc2C(=O)NCCOc2ccc(S(=O)(=O)N3CCCCC3)cc2)cc1. The lowest BCUT2D eigenvalue weighted by molar-refractivity contribution is 0.0947. The van der Waals surface area contributed by atoms with E-state index >= 15 is 0 Å². The van der Waals surface area contributed by atoms with Gasteiger partial charge < -0.3 is 10.1 Å². The van der Waals surface area contributed by atoms with E-state index in [4.69, 9.17) is 4.74 Å². The maximum absolute atomic E-state index is 13.1. The van der Waals surface area contributed by atoms with Crippen LogP contribution in [0.3, 0.4) is 0 Å². The van der Waals surface area contributed by atoms with Crippen LogP contribution in [0.25, 0.3) is 0 Å². The first kappa shape index (κ1) is 28.6. The Bertz CT molecular complexity index is 1500. The summed E-state index contributed by atoms with van der Waals surface area (Å²) >= 11 is 0. The van der Waals surface area contributed by atoms with Crippen molar-refractivity contribution in [1.29, 1.82) is 0 Å². The predicted octanol–water partition coefficient (Wildman–Crippen LogP) is 3.80. The number of piperidine rings is 1. The van der Waals surface area contributed by atoms with Gasteiger partial charge in [0.15, 0.2) is 0 Å². The number of carbonyl (C=O) groups is 1. The van der Waals surface area contributed by atoms with Crippen LogP contribution in [0.15, 0.2) is 82.6 Å². The van der Waals surface area contributed by atoms with Crippen LogP contribution in [0.1, 0.15) is 35.2 Å². The fourth-order valence-corrected chi connectivity index (χ4v) is 7.06. The number of anilines is 1. The molecule has 208 valence electrons. The number of benzene rings is 3. The number of carbonyl (C=O) groups excluding carboxylic acids is 1. The Morgan fingerprint density at radius 2 is 1.49 bits per heavy atom. The normalized spacial score (nSPS) is 14.5. The zero-order valence-corrected chi connectivity index (χ0v) is 23.7. The minimum Gasteiger partial charge on any atom is -0.492 e. The van der Waals surface area contributed by atoms with Gasteiger partial charge in [-0.25, -0.2) is 16.8 Å². The molecule has 9 nitrogen and oxygen atoms in total. The fraction of sp³-hybridized carbons (Fsp3) is 0.321. The van der Waals surface area contributed by atoms with Crippen LogP contribution in [0.4, 0.5) is 5.69 Å². The summed E-state index contributed by atoms with van der Waals surface area (Å²) in [6.07, 6.45) is 2.79. The summed E-state index contributed by atoms with van der Waals surface area (Å²) in [6, 6.07) is 19.3. The largest absolute Gasteiger partial charge is 0.492 e. The maximum Gasteiger partial charge on any atom is 0.264 e. The zero-order chi connectivity index (χ0) is 28.0. The van der Waals surface area contributed by atoms with Crippen molar-refractivity contribution in [2.75, 3.05) is 37.6 Å². The summed E-state index contributed by atoms with van der Waals surface area (Å²) in [4.78, 5) is 13.3. The molecule has 1 fully saturated rings. The first-order valence-corrected chi connectivity index (χ1v) is 15.6. The molecule has 1 amide bonds. The van der Waals surface area contributed by atoms with Crippen LogP contribution < -0.4 is 14.4 Å². The average molecular weight is 572 g/mol. The summed E-state index contributed by atoms with van der Waals surface area (Å²) in [7, 11) is -5.96. The number of hydrogen-bond donors (Lipinski definition) is 1. The Morgan fingerprint density at radius 3 is 2.15 bits per heavy atom. The van der Waals surface area contributed by atoms with E-state index in [0.717, 1.165) is 29.1 Å². The van der Waals surface area contributed by atoms with E-state index in [2.05, 4.69) is 5.32 Å². The van der Waals surface area contributed by atoms with Gasteiger partial charge in [0.25, 0.3) is 15.9 Å². The van der Waals surface area contributed by atoms with E-state index in [1.165, 1.54) is 35.6 Å². The van der Waals surface area contributed by atoms with Gasteiger partial charge in [0, 0.05) is 20.1 Å². The van der Waals surface area contributed by atoms with Gasteiger partial charge in [-0.15, -0.1) is 0 Å². The van der Waals surface area contributed by atoms with Crippen molar-refractivity contribution in [2.24, 2.45) is 0 Å². The minimum absolute atomic E-state index is 0.133. The first-order chi connectivity index (χ1) is 18.6. The molecule has 1 N–H and O–H groups in total. The third-order valence-electron chi connectivity index (χ3n) is 6.60. The summed E-state index contributed by atoms with van der Waals surface area (Å²) in [5.41, 5.74) is 1.40. The quantitative estimate of drug-likeness (QED) is 0.371. The molecular formula is C28H33N3O6S2. The van der Waals surface area contributed by atoms with Crippen molar-refractivity contribution in [3.05, 3.63) is 83.9 Å². The topological polar surface area (TPSA) is 113 Å². The van der Waals surface area contributed by atoms with E-state index in [-0.39, 0.29) is 34.2 Å². The molecule has 0 spiro atoms. The second kappa shape index (κ2) is 12.2. The number of ether oxygens (including phenoxy) is 1. The summed E-state index contributed by atoms with van der Waals surface area (Å²) < 4.78 is 60.2. The lowest BCUT2D eigenvalue weighted by atomic mass is 10.1. The van der Waals surface area contributed by atoms with Gasteiger partial charge in [0.05, 0.1) is 27.6 Å². The van der Waals surface area contributed by atoms with E-state index < -0.39 is 26.0 Å². The number of para-hydroxylation sites is 1. The van der Waals surface area contributed by atoms with Crippen molar-refractivity contribution in [3.63, 3.8) is 0 Å². The lowest BCUT2D eigenvalue weighted by Crippen LogP contribution is -2.35. The first-order valence-electron chi connectivity index (χ1n) is 12.8. The summed E-state index contributed by atoms with van der Waals surface area (Å²) in [5.74, 6) is 0.0364. The number of sulfonamides is 2. The molecule has 0 unspecified atom stereocenters. The standard InChI is InChI=1S/C28H33N3O6S2/c1-22-10-14-24(15-11-22)38(33,34)30(2)27-9-5-4-8-26(27)28(32)29-18-21-37-23-12-16-25(17-13-23)39(35,36)31-19-6-3-7-20-31/h4-5,8-17H,3,6-7,18-21H2,1-2H3,(H,29,32). The van der Waals surface area contributed by atoms with Gasteiger partial charge >= 0.3 is 0 Å². The molecule has 0 bridgehead atoms. The molecule has 0 atom stereocenters. The molecule has 1 heterocycles. The van der Waals surface area contributed by atoms with Crippen molar-refractivity contribution in [3.8, 4) is 5.75 Å². The molecule has 0 saturated carbocycles. The lowest BCUT2D eigenvalue weighted by Gasteiger charge is -2.25. The van der Waals surface area contributed by atoms with E-state index in [9.17, 15) is 21.6 Å². The Morgan fingerprint density at radius 1 is 0.872 bits per heavy atom. The highest BCUT2D eigenvalue weighted by molar-refractivity contribution is 7.92. The molecule has 1 aliphatic heterocycles. The molecule has 0 radical (unpaired) electrons. The highest BCUT2D eigenvalue weighted by atomic mass is 32.2. The van der Waals surface area contributed by atoms with E-state index in [0.29, 0.717) is 18.8 Å². The molecule has 0 aliphatic carbocycles. The number of rotatable bonds is 10. The molecule has 11 heteroatoms. The summed E-state index contributed by atoms with van der Waals surface area (Å²) in [5, 5.41) is 2.75. The van der Waals surface area contributed by atoms with Crippen LogP contribution in [0.5, 0.6) is 5.75 Å². The van der Waals surface area contributed by atoms with E-state index in [1.54, 1.807) is 48.5 Å². The average Bonchev–Trinajstić information content (AvgIpc) is 2.95. The Labute approximate surface area is 230 Å². The number of nitrogens with zero attached hydrogens (tertiary/aromatic N) is 2. The van der Waals surface area contributed by atoms with Crippen molar-refractivity contribution < 1.29 is 26.4 Å². The minimum atomic E-state index is -3.86. The molecule has 1 saturated heterocycles. The van der Waals surface area contributed by atoms with Gasteiger partial charge in [0.2, 0.25) is 10.0 Å². The van der Waals surface area contributed by atoms with Crippen LogP contribution in [-0.4, -0.2) is 60.3 Å². The number of aryl methyl sites for hydroxylation is 1. The van der Waals surface area contributed by atoms with Crippen LogP contribution >= 0.6 is 0 Å². The third-order valence-corrected chi connectivity index (χ3v) is 10.3. The van der Waals surface area contributed by atoms with Crippen molar-refractivity contribution in [1.82, 2.24) is 9.62 Å². The smallest absolute Gasteiger partial charge is 0.264 e. The van der Waals surface area contributed by atoms with Crippen LogP contribution in [0.2, 0.25) is 0 Å². The molecule has 1 aliphatic rings. The molecule has 39 heavy (non-hydrogen) atoms. The highest BCUT2D eigenvalue weighted by Crippen LogP contribution is 2.26. The van der Waals surface area contributed by atoms with Crippen molar-refractivity contribution in [2.45, 2.75) is 36.0 Å². The van der Waals surface area contributed by atoms with Gasteiger partial charge in [-0.1, -0.05) is 36.2 Å². The van der Waals surface area contributed by atoms with Crippen LogP contribution in [-0.2, 0) is 20.0 Å². The molecular weight excluding hydrogens is 538 g/mol. The summed E-state index contributed by atoms with van der Waals surface area (Å²) in [6.45, 7) is 3.26. The number of amides is 1. The number of hydrogen-bond acceptors (Lipinski definition) is 6. The second-order valence-electron chi connectivity index (χ2n) is 9.34. The van der Waals surface area contributed by atoms with Gasteiger partial charge in [-0.3, -0.25) is 9.10 Å². The van der Waals surface area contributed by atoms with Gasteiger partial charge in [-0.2, -0.15) is 4.31 Å². The Hall–Kier alpha value is -3.41. The monoisotopic (exact) mass is 571 g/mol. The van der Waals surface area contributed by atoms with Gasteiger partial charge in [-0.05, 0) is 68.3 Å². The zero-order valence-electron chi connectivity index (χ0n) is 22.0. The maximum atomic E-state index is 13.1. The van der Waals surface area contributed by atoms with Crippen molar-refractivity contribution >= 4 is 31.6 Å². The third kappa shape index (κ3) is 6.60. The number of nitrogens with one attached hydrogen (secondary N) is 1.